The van der Waals surface area contributed by atoms with Gasteiger partial charge in [0, 0.05) is 13.1 Å². The number of carboxylic acid groups (broad SMARTS) is 1. The van der Waals surface area contributed by atoms with E-state index >= 15 is 0 Å². The van der Waals surface area contributed by atoms with Crippen molar-refractivity contribution in [1.82, 2.24) is 4.90 Å². The van der Waals surface area contributed by atoms with Gasteiger partial charge in [-0.2, -0.15) is 0 Å². The number of likely N-dealkylation sites (tertiary alicyclic amines) is 1. The first kappa shape index (κ1) is 17.1. The predicted octanol–water partition coefficient (Wildman–Crippen LogP) is 2.03. The molecule has 0 aliphatic carbocycles. The fourth-order valence-corrected chi connectivity index (χ4v) is 2.88. The minimum atomic E-state index is -0.834. The van der Waals surface area contributed by atoms with Gasteiger partial charge in [-0.25, -0.2) is 0 Å². The molecule has 126 valence electrons. The molecule has 6 heteroatoms. The number of benzene rings is 1. The lowest BCUT2D eigenvalue weighted by Gasteiger charge is -2.34. The SMILES string of the molecule is COc1ccccc1OCCC(=O)N1CC(C)CC(C(=O)O)C1. The molecule has 0 spiro atoms. The van der Waals surface area contributed by atoms with E-state index in [-0.39, 0.29) is 31.4 Å². The molecular formula is C17H23NO5. The Morgan fingerprint density at radius 1 is 1.26 bits per heavy atom. The van der Waals surface area contributed by atoms with Crippen molar-refractivity contribution in [2.75, 3.05) is 26.8 Å². The highest BCUT2D eigenvalue weighted by atomic mass is 16.5. The number of hydrogen-bond acceptors (Lipinski definition) is 4. The number of carbonyl (C=O) groups excluding carboxylic acids is 1. The summed E-state index contributed by atoms with van der Waals surface area (Å²) < 4.78 is 10.8. The summed E-state index contributed by atoms with van der Waals surface area (Å²) in [4.78, 5) is 25.1. The van der Waals surface area contributed by atoms with Crippen molar-refractivity contribution in [3.05, 3.63) is 24.3 Å². The van der Waals surface area contributed by atoms with E-state index in [9.17, 15) is 9.59 Å². The summed E-state index contributed by atoms with van der Waals surface area (Å²) in [6.45, 7) is 3.10. The zero-order valence-corrected chi connectivity index (χ0v) is 13.5. The van der Waals surface area contributed by atoms with Crippen LogP contribution >= 0.6 is 0 Å². The molecule has 2 unspecified atom stereocenters. The molecule has 1 aromatic rings. The number of amides is 1. The van der Waals surface area contributed by atoms with Crippen LogP contribution in [0.1, 0.15) is 19.8 Å². The molecule has 1 aliphatic heterocycles. The minimum absolute atomic E-state index is 0.0716. The van der Waals surface area contributed by atoms with Crippen molar-refractivity contribution in [2.24, 2.45) is 11.8 Å². The van der Waals surface area contributed by atoms with E-state index < -0.39 is 11.9 Å². The van der Waals surface area contributed by atoms with E-state index in [2.05, 4.69) is 0 Å². The zero-order chi connectivity index (χ0) is 16.8. The van der Waals surface area contributed by atoms with Gasteiger partial charge in [-0.15, -0.1) is 0 Å². The average molecular weight is 321 g/mol. The number of methoxy groups -OCH3 is 1. The molecule has 1 aliphatic rings. The largest absolute Gasteiger partial charge is 0.493 e. The van der Waals surface area contributed by atoms with Gasteiger partial charge in [-0.1, -0.05) is 19.1 Å². The van der Waals surface area contributed by atoms with Crippen molar-refractivity contribution in [3.63, 3.8) is 0 Å². The van der Waals surface area contributed by atoms with Gasteiger partial charge < -0.3 is 19.5 Å². The molecule has 6 nitrogen and oxygen atoms in total. The maximum atomic E-state index is 12.3. The first-order valence-corrected chi connectivity index (χ1v) is 7.77. The number of rotatable bonds is 6. The minimum Gasteiger partial charge on any atom is -0.493 e. The monoisotopic (exact) mass is 321 g/mol. The molecule has 0 aromatic heterocycles. The third-order valence-corrected chi connectivity index (χ3v) is 4.00. The first-order chi connectivity index (χ1) is 11.0. The van der Waals surface area contributed by atoms with Gasteiger partial charge in [-0.05, 0) is 24.5 Å². The number of carboxylic acids is 1. The van der Waals surface area contributed by atoms with Crippen LogP contribution in [-0.4, -0.2) is 48.7 Å². The van der Waals surface area contributed by atoms with Crippen LogP contribution in [0.15, 0.2) is 24.3 Å². The summed E-state index contributed by atoms with van der Waals surface area (Å²) >= 11 is 0. The lowest BCUT2D eigenvalue weighted by atomic mass is 9.90. The summed E-state index contributed by atoms with van der Waals surface area (Å²) in [5, 5.41) is 9.16. The number of ether oxygens (including phenoxy) is 2. The molecule has 1 saturated heterocycles. The summed E-state index contributed by atoms with van der Waals surface area (Å²) in [6.07, 6.45) is 0.841. The fourth-order valence-electron chi connectivity index (χ4n) is 2.88. The third-order valence-electron chi connectivity index (χ3n) is 4.00. The topological polar surface area (TPSA) is 76.1 Å². The van der Waals surface area contributed by atoms with Crippen LogP contribution in [0.3, 0.4) is 0 Å². The standard InChI is InChI=1S/C17H23NO5/c1-12-9-13(17(20)21)11-18(10-12)16(19)7-8-23-15-6-4-3-5-14(15)22-2/h3-6,12-13H,7-11H2,1-2H3,(H,20,21). The quantitative estimate of drug-likeness (QED) is 0.867. The van der Waals surface area contributed by atoms with Crippen LogP contribution in [-0.2, 0) is 9.59 Å². The lowest BCUT2D eigenvalue weighted by Crippen LogP contribution is -2.45. The van der Waals surface area contributed by atoms with Gasteiger partial charge in [0.1, 0.15) is 0 Å². The molecule has 0 bridgehead atoms. The van der Waals surface area contributed by atoms with E-state index in [1.165, 1.54) is 0 Å². The molecular weight excluding hydrogens is 298 g/mol. The number of carbonyl (C=O) groups is 2. The van der Waals surface area contributed by atoms with Crippen LogP contribution < -0.4 is 9.47 Å². The molecule has 23 heavy (non-hydrogen) atoms. The Morgan fingerprint density at radius 2 is 1.96 bits per heavy atom. The van der Waals surface area contributed by atoms with Crippen molar-refractivity contribution in [3.8, 4) is 11.5 Å². The Bertz CT molecular complexity index is 560. The molecule has 2 atom stereocenters. The maximum absolute atomic E-state index is 12.3. The second kappa shape index (κ2) is 7.85. The van der Waals surface area contributed by atoms with E-state index in [0.29, 0.717) is 24.5 Å². The Labute approximate surface area is 136 Å². The van der Waals surface area contributed by atoms with Crippen LogP contribution in [0, 0.1) is 11.8 Å². The van der Waals surface area contributed by atoms with Crippen molar-refractivity contribution in [1.29, 1.82) is 0 Å². The summed E-state index contributed by atoms with van der Waals surface area (Å²) in [5.74, 6) is 0.0369. The molecule has 2 rings (SSSR count). The molecule has 0 saturated carbocycles. The van der Waals surface area contributed by atoms with Crippen LogP contribution in [0.25, 0.3) is 0 Å². The number of aliphatic carboxylic acids is 1. The zero-order valence-electron chi connectivity index (χ0n) is 13.5. The van der Waals surface area contributed by atoms with Crippen LogP contribution in [0.2, 0.25) is 0 Å². The summed E-state index contributed by atoms with van der Waals surface area (Å²) in [6, 6.07) is 7.26. The van der Waals surface area contributed by atoms with Crippen molar-refractivity contribution >= 4 is 11.9 Å². The smallest absolute Gasteiger partial charge is 0.308 e. The Hall–Kier alpha value is -2.24. The van der Waals surface area contributed by atoms with E-state index in [0.717, 1.165) is 0 Å². The molecule has 1 fully saturated rings. The highest BCUT2D eigenvalue weighted by molar-refractivity contribution is 5.78. The second-order valence-electron chi connectivity index (χ2n) is 5.92. The third kappa shape index (κ3) is 4.61. The number of piperidine rings is 1. The maximum Gasteiger partial charge on any atom is 0.308 e. The Kier molecular flexibility index (Phi) is 5.84. The number of hydrogen-bond donors (Lipinski definition) is 1. The molecule has 1 aromatic carbocycles. The first-order valence-electron chi connectivity index (χ1n) is 7.77. The van der Waals surface area contributed by atoms with E-state index in [4.69, 9.17) is 14.6 Å². The average Bonchev–Trinajstić information content (AvgIpc) is 2.54. The highest BCUT2D eigenvalue weighted by Crippen LogP contribution is 2.26. The van der Waals surface area contributed by atoms with Crippen molar-refractivity contribution < 1.29 is 24.2 Å². The lowest BCUT2D eigenvalue weighted by molar-refractivity contribution is -0.147. The highest BCUT2D eigenvalue weighted by Gasteiger charge is 2.31. The summed E-state index contributed by atoms with van der Waals surface area (Å²) in [7, 11) is 1.56. The Morgan fingerprint density at radius 3 is 2.61 bits per heavy atom. The van der Waals surface area contributed by atoms with Gasteiger partial charge in [0.25, 0.3) is 0 Å². The second-order valence-corrected chi connectivity index (χ2v) is 5.92. The van der Waals surface area contributed by atoms with Gasteiger partial charge in [0.2, 0.25) is 5.91 Å². The van der Waals surface area contributed by atoms with E-state index in [1.807, 2.05) is 19.1 Å². The van der Waals surface area contributed by atoms with Crippen LogP contribution in [0.4, 0.5) is 0 Å². The molecule has 1 N–H and O–H groups in total. The predicted molar refractivity (Wildman–Crippen MR) is 84.6 cm³/mol. The van der Waals surface area contributed by atoms with Gasteiger partial charge in [-0.3, -0.25) is 9.59 Å². The summed E-state index contributed by atoms with van der Waals surface area (Å²) in [5.41, 5.74) is 0. The van der Waals surface area contributed by atoms with Crippen molar-refractivity contribution in [2.45, 2.75) is 19.8 Å². The molecule has 0 radical (unpaired) electrons. The van der Waals surface area contributed by atoms with Crippen LogP contribution in [0.5, 0.6) is 11.5 Å². The number of para-hydroxylation sites is 2. The van der Waals surface area contributed by atoms with Gasteiger partial charge in [0.15, 0.2) is 11.5 Å². The van der Waals surface area contributed by atoms with Gasteiger partial charge >= 0.3 is 5.97 Å². The molecule has 1 amide bonds. The fraction of sp³-hybridized carbons (Fsp3) is 0.529. The number of nitrogens with zero attached hydrogens (tertiary/aromatic N) is 1. The van der Waals surface area contributed by atoms with E-state index in [1.54, 1.807) is 24.1 Å². The Balaban J connectivity index is 1.85. The van der Waals surface area contributed by atoms with Gasteiger partial charge in [0.05, 0.1) is 26.1 Å². The molecule has 1 heterocycles. The normalized spacial score (nSPS) is 20.9.